The molecule has 0 saturated carbocycles. The zero-order valence-electron chi connectivity index (χ0n) is 32.5. The number of para-hydroxylation sites is 2. The second kappa shape index (κ2) is 14.2. The van der Waals surface area contributed by atoms with Crippen LogP contribution in [0.25, 0.3) is 103 Å². The van der Waals surface area contributed by atoms with Crippen molar-refractivity contribution in [3.63, 3.8) is 0 Å². The summed E-state index contributed by atoms with van der Waals surface area (Å²) in [5.74, 6) is 0. The number of halogens is 3. The molecule has 2 aromatic heterocycles. The Labute approximate surface area is 348 Å². The van der Waals surface area contributed by atoms with Gasteiger partial charge in [-0.2, -0.15) is 13.2 Å². The maximum Gasteiger partial charge on any atom is 0.417 e. The number of aromatic nitrogens is 2. The highest BCUT2D eigenvalue weighted by Gasteiger charge is 2.36. The van der Waals surface area contributed by atoms with Crippen LogP contribution in [0.5, 0.6) is 0 Å². The van der Waals surface area contributed by atoms with Crippen molar-refractivity contribution in [2.75, 3.05) is 0 Å². The van der Waals surface area contributed by atoms with Crippen molar-refractivity contribution in [3.05, 3.63) is 209 Å². The molecule has 0 radical (unpaired) electrons. The average molecular weight is 794 g/mol. The third kappa shape index (κ3) is 5.91. The second-order valence-electron chi connectivity index (χ2n) is 14.9. The van der Waals surface area contributed by atoms with Crippen molar-refractivity contribution in [2.24, 2.45) is 0 Å². The molecule has 0 aliphatic carbocycles. The number of hydrogen-bond donors (Lipinski definition) is 0. The largest absolute Gasteiger partial charge is 0.417 e. The SMILES string of the molecule is [C-]#[N+]c1ccc(-c2ccc3c(c2)c2ccccc2n3-c2ccc(-c3c(C)cccc3C(F)(F)F)c(-n3c4ccccc4c4cc(-c5ccc([N+]#[C-])cc5)ccc43)c2[N+]#[C-])cc1. The topological polar surface area (TPSA) is 22.9 Å². The summed E-state index contributed by atoms with van der Waals surface area (Å²) < 4.78 is 49.2. The monoisotopic (exact) mass is 793 g/mol. The van der Waals surface area contributed by atoms with E-state index in [1.165, 1.54) is 6.07 Å². The fourth-order valence-corrected chi connectivity index (χ4v) is 8.81. The highest BCUT2D eigenvalue weighted by Crippen LogP contribution is 2.49. The van der Waals surface area contributed by atoms with Crippen LogP contribution in [-0.4, -0.2) is 9.13 Å². The van der Waals surface area contributed by atoms with E-state index in [1.807, 2.05) is 106 Å². The first-order valence-corrected chi connectivity index (χ1v) is 19.4. The summed E-state index contributed by atoms with van der Waals surface area (Å²) in [4.78, 5) is 11.3. The van der Waals surface area contributed by atoms with Crippen molar-refractivity contribution < 1.29 is 13.2 Å². The van der Waals surface area contributed by atoms with Crippen molar-refractivity contribution in [2.45, 2.75) is 13.1 Å². The number of aryl methyl sites for hydroxylation is 1. The Morgan fingerprint density at radius 1 is 0.459 bits per heavy atom. The Balaban J connectivity index is 1.31. The molecule has 0 bridgehead atoms. The first kappa shape index (κ1) is 36.9. The van der Waals surface area contributed by atoms with Crippen molar-refractivity contribution in [1.29, 1.82) is 0 Å². The third-order valence-corrected chi connectivity index (χ3v) is 11.6. The third-order valence-electron chi connectivity index (χ3n) is 11.6. The number of benzene rings is 8. The molecule has 0 aliphatic heterocycles. The van der Waals surface area contributed by atoms with E-state index in [2.05, 4.69) is 26.7 Å². The first-order valence-electron chi connectivity index (χ1n) is 19.4. The lowest BCUT2D eigenvalue weighted by molar-refractivity contribution is -0.137. The summed E-state index contributed by atoms with van der Waals surface area (Å²) in [6.07, 6.45) is -4.67. The van der Waals surface area contributed by atoms with Crippen molar-refractivity contribution >= 4 is 60.7 Å². The lowest BCUT2D eigenvalue weighted by Gasteiger charge is -2.23. The van der Waals surface area contributed by atoms with Gasteiger partial charge in [0.05, 0.1) is 58.7 Å². The molecule has 288 valence electrons. The van der Waals surface area contributed by atoms with Gasteiger partial charge in [0.25, 0.3) is 0 Å². The number of nitrogens with zero attached hydrogens (tertiary/aromatic N) is 5. The lowest BCUT2D eigenvalue weighted by Crippen LogP contribution is -2.10. The molecule has 0 unspecified atom stereocenters. The Kier molecular flexibility index (Phi) is 8.58. The normalized spacial score (nSPS) is 11.6. The zero-order chi connectivity index (χ0) is 42.0. The van der Waals surface area contributed by atoms with Crippen molar-refractivity contribution in [3.8, 4) is 44.8 Å². The fraction of sp³-hybridized carbons (Fsp3) is 0.0377. The maximum absolute atomic E-state index is 15.1. The van der Waals surface area contributed by atoms with Crippen LogP contribution in [0.15, 0.2) is 164 Å². The predicted molar refractivity (Wildman–Crippen MR) is 240 cm³/mol. The molecule has 8 aromatic carbocycles. The number of alkyl halides is 3. The van der Waals surface area contributed by atoms with Gasteiger partial charge in [0.1, 0.15) is 0 Å². The van der Waals surface area contributed by atoms with Crippen molar-refractivity contribution in [1.82, 2.24) is 9.13 Å². The molecular weight excluding hydrogens is 764 g/mol. The molecule has 0 aliphatic rings. The van der Waals surface area contributed by atoms with Gasteiger partial charge in [-0.15, -0.1) is 0 Å². The molecule has 0 atom stereocenters. The van der Waals surface area contributed by atoms with Crippen LogP contribution in [0.2, 0.25) is 0 Å². The molecule has 5 nitrogen and oxygen atoms in total. The Hall–Kier alpha value is -8.38. The van der Waals surface area contributed by atoms with Gasteiger partial charge in [-0.05, 0) is 94.4 Å². The molecule has 8 heteroatoms. The highest BCUT2D eigenvalue weighted by molar-refractivity contribution is 6.14. The zero-order valence-corrected chi connectivity index (χ0v) is 32.5. The average Bonchev–Trinajstić information content (AvgIpc) is 3.80. The van der Waals surface area contributed by atoms with Gasteiger partial charge in [0.15, 0.2) is 11.4 Å². The summed E-state index contributed by atoms with van der Waals surface area (Å²) in [6.45, 7) is 25.4. The quantitative estimate of drug-likeness (QED) is 0.155. The molecule has 0 saturated heterocycles. The van der Waals surface area contributed by atoms with E-state index in [1.54, 1.807) is 49.4 Å². The van der Waals surface area contributed by atoms with Crippen LogP contribution in [0.1, 0.15) is 11.1 Å². The molecular formula is C53H30F3N5. The van der Waals surface area contributed by atoms with Gasteiger partial charge >= 0.3 is 6.18 Å². The number of rotatable bonds is 5. The molecule has 0 N–H and O–H groups in total. The highest BCUT2D eigenvalue weighted by atomic mass is 19.4. The van der Waals surface area contributed by atoms with Gasteiger partial charge in [0, 0.05) is 21.5 Å². The van der Waals surface area contributed by atoms with Gasteiger partial charge in [-0.25, -0.2) is 14.5 Å². The smallest absolute Gasteiger partial charge is 0.319 e. The van der Waals surface area contributed by atoms with Crippen LogP contribution >= 0.6 is 0 Å². The van der Waals surface area contributed by atoms with Crippen LogP contribution < -0.4 is 0 Å². The van der Waals surface area contributed by atoms with Gasteiger partial charge in [-0.1, -0.05) is 115 Å². The molecule has 10 aromatic rings. The predicted octanol–water partition coefficient (Wildman–Crippen LogP) is 15.9. The van der Waals surface area contributed by atoms with E-state index in [4.69, 9.17) is 19.7 Å². The Bertz CT molecular complexity index is 3550. The summed E-state index contributed by atoms with van der Waals surface area (Å²) in [5.41, 5.74) is 8.96. The minimum absolute atomic E-state index is 0.0139. The summed E-state index contributed by atoms with van der Waals surface area (Å²) in [5, 5.41) is 3.63. The lowest BCUT2D eigenvalue weighted by atomic mass is 9.92. The van der Waals surface area contributed by atoms with E-state index in [9.17, 15) is 0 Å². The molecule has 10 rings (SSSR count). The minimum atomic E-state index is -4.67. The minimum Gasteiger partial charge on any atom is -0.319 e. The molecule has 61 heavy (non-hydrogen) atoms. The standard InChI is InChI=1S/C53H30F3N5/c1-32-10-9-13-44(53(54,55)56)50(32)41-26-29-49(60-45-14-7-5-11-39(45)42-30-35(20-27-47(42)60)33-16-22-37(57-2)23-17-33)51(59-4)52(41)61-46-15-8-6-12-40(46)43-31-36(21-28-48(43)61)34-18-24-38(58-3)25-19-34/h5-31H,1H3. The van der Waals surface area contributed by atoms with Gasteiger partial charge < -0.3 is 9.13 Å². The summed E-state index contributed by atoms with van der Waals surface area (Å²) in [6, 6.07) is 50.4. The van der Waals surface area contributed by atoms with E-state index >= 15 is 13.2 Å². The van der Waals surface area contributed by atoms with Gasteiger partial charge in [0.2, 0.25) is 5.69 Å². The molecule has 2 heterocycles. The first-order chi connectivity index (χ1) is 29.7. The van der Waals surface area contributed by atoms with E-state index in [0.717, 1.165) is 71.9 Å². The second-order valence-corrected chi connectivity index (χ2v) is 14.9. The summed E-state index contributed by atoms with van der Waals surface area (Å²) >= 11 is 0. The van der Waals surface area contributed by atoms with E-state index in [-0.39, 0.29) is 16.8 Å². The molecule has 0 amide bonds. The van der Waals surface area contributed by atoms with Gasteiger partial charge in [-0.3, -0.25) is 0 Å². The number of fused-ring (bicyclic) bond motifs is 6. The maximum atomic E-state index is 15.1. The van der Waals surface area contributed by atoms with Crippen LogP contribution in [0.4, 0.5) is 30.2 Å². The molecule has 0 spiro atoms. The van der Waals surface area contributed by atoms with E-state index < -0.39 is 11.7 Å². The van der Waals surface area contributed by atoms with Crippen LogP contribution in [0, 0.1) is 26.6 Å². The molecule has 0 fully saturated rings. The van der Waals surface area contributed by atoms with Crippen LogP contribution in [-0.2, 0) is 6.18 Å². The van der Waals surface area contributed by atoms with E-state index in [0.29, 0.717) is 28.3 Å². The fourth-order valence-electron chi connectivity index (χ4n) is 8.81. The Morgan fingerprint density at radius 2 is 0.951 bits per heavy atom. The number of hydrogen-bond acceptors (Lipinski definition) is 0. The summed E-state index contributed by atoms with van der Waals surface area (Å²) in [7, 11) is 0. The van der Waals surface area contributed by atoms with Crippen LogP contribution in [0.3, 0.4) is 0 Å². The Morgan fingerprint density at radius 3 is 1.48 bits per heavy atom.